The third kappa shape index (κ3) is 3.29. The third-order valence-corrected chi connectivity index (χ3v) is 3.61. The van der Waals surface area contributed by atoms with Gasteiger partial charge in [-0.2, -0.15) is 0 Å². The summed E-state index contributed by atoms with van der Waals surface area (Å²) in [4.78, 5) is 10.5. The van der Waals surface area contributed by atoms with Gasteiger partial charge in [0.25, 0.3) is 0 Å². The maximum absolute atomic E-state index is 10.5. The van der Waals surface area contributed by atoms with E-state index in [2.05, 4.69) is 48.7 Å². The second kappa shape index (κ2) is 5.79. The first-order chi connectivity index (χ1) is 8.56. The molecular weight excluding hydrogens is 415 g/mol. The predicted octanol–water partition coefficient (Wildman–Crippen LogP) is 3.12. The van der Waals surface area contributed by atoms with E-state index in [4.69, 9.17) is 9.52 Å². The van der Waals surface area contributed by atoms with Crippen molar-refractivity contribution in [2.45, 2.75) is 12.8 Å². The quantitative estimate of drug-likeness (QED) is 0.766. The number of hydrogen-bond acceptors (Lipinski definition) is 4. The Balaban J connectivity index is 2.23. The number of carboxylic acids is 1. The van der Waals surface area contributed by atoms with E-state index in [1.807, 2.05) is 18.2 Å². The molecule has 0 bridgehead atoms. The largest absolute Gasteiger partial charge is 0.481 e. The first-order valence-electron chi connectivity index (χ1n) is 5.06. The summed E-state index contributed by atoms with van der Waals surface area (Å²) < 4.78 is 7.35. The monoisotopic (exact) mass is 422 g/mol. The lowest BCUT2D eigenvalue weighted by Gasteiger charge is -1.99. The molecule has 7 heteroatoms. The van der Waals surface area contributed by atoms with Gasteiger partial charge in [-0.15, -0.1) is 10.2 Å². The minimum atomic E-state index is -0.883. The molecule has 0 atom stereocenters. The van der Waals surface area contributed by atoms with Crippen LogP contribution in [-0.2, 0) is 11.2 Å². The van der Waals surface area contributed by atoms with E-state index in [9.17, 15) is 4.79 Å². The topological polar surface area (TPSA) is 76.2 Å². The van der Waals surface area contributed by atoms with Crippen LogP contribution in [0.4, 0.5) is 0 Å². The Morgan fingerprint density at radius 1 is 1.44 bits per heavy atom. The van der Waals surface area contributed by atoms with Gasteiger partial charge in [-0.3, -0.25) is 4.79 Å². The second-order valence-corrected chi connectivity index (χ2v) is 5.60. The lowest BCUT2D eigenvalue weighted by atomic mass is 10.2. The van der Waals surface area contributed by atoms with Gasteiger partial charge in [-0.1, -0.05) is 15.9 Å². The summed E-state index contributed by atoms with van der Waals surface area (Å²) in [5, 5.41) is 16.3. The molecule has 94 valence electrons. The molecule has 18 heavy (non-hydrogen) atoms. The average Bonchev–Trinajstić information content (AvgIpc) is 2.78. The number of aromatic nitrogens is 2. The van der Waals surface area contributed by atoms with Crippen LogP contribution in [0.3, 0.4) is 0 Å². The van der Waals surface area contributed by atoms with Crippen LogP contribution in [0.25, 0.3) is 11.5 Å². The number of hydrogen-bond donors (Lipinski definition) is 1. The molecule has 0 fully saturated rings. The molecule has 1 heterocycles. The second-order valence-electron chi connectivity index (χ2n) is 3.52. The molecule has 5 nitrogen and oxygen atoms in total. The molecule has 0 aliphatic carbocycles. The Labute approximate surface area is 125 Å². The van der Waals surface area contributed by atoms with Crippen molar-refractivity contribution in [1.29, 1.82) is 0 Å². The van der Waals surface area contributed by atoms with Gasteiger partial charge in [0.1, 0.15) is 0 Å². The summed E-state index contributed by atoms with van der Waals surface area (Å²) in [6, 6.07) is 5.74. The summed E-state index contributed by atoms with van der Waals surface area (Å²) in [6.45, 7) is 0. The van der Waals surface area contributed by atoms with Crippen LogP contribution < -0.4 is 0 Å². The van der Waals surface area contributed by atoms with Gasteiger partial charge in [0.05, 0.1) is 12.0 Å². The first kappa shape index (κ1) is 13.5. The average molecular weight is 423 g/mol. The Hall–Kier alpha value is -0.960. The standard InChI is InChI=1S/C11H8BrIN2O3/c12-6-1-2-8(13)7(5-6)11-15-14-9(18-11)3-4-10(16)17/h1-2,5H,3-4H2,(H,16,17). The molecule has 0 aliphatic rings. The smallest absolute Gasteiger partial charge is 0.303 e. The zero-order valence-electron chi connectivity index (χ0n) is 9.06. The maximum atomic E-state index is 10.5. The highest BCUT2D eigenvalue weighted by Gasteiger charge is 2.12. The lowest BCUT2D eigenvalue weighted by Crippen LogP contribution is -1.97. The number of carbonyl (C=O) groups is 1. The minimum absolute atomic E-state index is 0.0167. The van der Waals surface area contributed by atoms with Crippen molar-refractivity contribution >= 4 is 44.5 Å². The molecule has 1 N–H and O–H groups in total. The number of halogens is 2. The third-order valence-electron chi connectivity index (χ3n) is 2.18. The number of carboxylic acid groups (broad SMARTS) is 1. The SMILES string of the molecule is O=C(O)CCc1nnc(-c2cc(Br)ccc2I)o1. The fourth-order valence-electron chi connectivity index (χ4n) is 1.34. The van der Waals surface area contributed by atoms with Crippen molar-refractivity contribution in [1.82, 2.24) is 10.2 Å². The maximum Gasteiger partial charge on any atom is 0.303 e. The van der Waals surface area contributed by atoms with Crippen LogP contribution >= 0.6 is 38.5 Å². The molecule has 0 saturated heterocycles. The molecule has 0 unspecified atom stereocenters. The van der Waals surface area contributed by atoms with Gasteiger partial charge in [-0.25, -0.2) is 0 Å². The molecule has 0 saturated carbocycles. The van der Waals surface area contributed by atoms with E-state index < -0.39 is 5.97 Å². The van der Waals surface area contributed by atoms with E-state index in [1.54, 1.807) is 0 Å². The number of rotatable bonds is 4. The van der Waals surface area contributed by atoms with Crippen molar-refractivity contribution in [3.63, 3.8) is 0 Å². The number of benzene rings is 1. The summed E-state index contributed by atoms with van der Waals surface area (Å²) >= 11 is 5.56. The van der Waals surface area contributed by atoms with E-state index in [-0.39, 0.29) is 12.8 Å². The highest BCUT2D eigenvalue weighted by molar-refractivity contribution is 14.1. The van der Waals surface area contributed by atoms with Gasteiger partial charge >= 0.3 is 5.97 Å². The van der Waals surface area contributed by atoms with Crippen molar-refractivity contribution in [2.75, 3.05) is 0 Å². The minimum Gasteiger partial charge on any atom is -0.481 e. The van der Waals surface area contributed by atoms with Gasteiger partial charge < -0.3 is 9.52 Å². The van der Waals surface area contributed by atoms with E-state index in [0.717, 1.165) is 13.6 Å². The molecular formula is C11H8BrIN2O3. The Morgan fingerprint density at radius 3 is 2.94 bits per heavy atom. The molecule has 1 aromatic heterocycles. The highest BCUT2D eigenvalue weighted by atomic mass is 127. The van der Waals surface area contributed by atoms with E-state index in [1.165, 1.54) is 0 Å². The molecule has 0 spiro atoms. The normalized spacial score (nSPS) is 10.6. The molecule has 2 aromatic rings. The van der Waals surface area contributed by atoms with Gasteiger partial charge in [0.15, 0.2) is 0 Å². The summed E-state index contributed by atoms with van der Waals surface area (Å²) in [5.41, 5.74) is 0.832. The summed E-state index contributed by atoms with van der Waals surface area (Å²) in [7, 11) is 0. The predicted molar refractivity (Wildman–Crippen MR) is 76.1 cm³/mol. The first-order valence-corrected chi connectivity index (χ1v) is 6.93. The fourth-order valence-corrected chi connectivity index (χ4v) is 2.27. The van der Waals surface area contributed by atoms with Crippen LogP contribution in [-0.4, -0.2) is 21.3 Å². The molecule has 0 radical (unpaired) electrons. The van der Waals surface area contributed by atoms with Crippen LogP contribution in [0.5, 0.6) is 0 Å². The van der Waals surface area contributed by atoms with Crippen LogP contribution in [0.2, 0.25) is 0 Å². The van der Waals surface area contributed by atoms with Gasteiger partial charge in [-0.05, 0) is 40.8 Å². The van der Waals surface area contributed by atoms with Crippen molar-refractivity contribution in [2.24, 2.45) is 0 Å². The number of aliphatic carboxylic acids is 1. The Bertz CT molecular complexity index is 585. The van der Waals surface area contributed by atoms with Crippen LogP contribution in [0, 0.1) is 3.57 Å². The van der Waals surface area contributed by atoms with Gasteiger partial charge in [0.2, 0.25) is 11.8 Å². The zero-order valence-corrected chi connectivity index (χ0v) is 12.8. The number of aryl methyl sites for hydroxylation is 1. The Kier molecular flexibility index (Phi) is 4.33. The number of nitrogens with zero attached hydrogens (tertiary/aromatic N) is 2. The Morgan fingerprint density at radius 2 is 2.22 bits per heavy atom. The zero-order chi connectivity index (χ0) is 13.1. The van der Waals surface area contributed by atoms with Crippen molar-refractivity contribution in [3.05, 3.63) is 32.1 Å². The molecule has 2 rings (SSSR count). The van der Waals surface area contributed by atoms with Crippen molar-refractivity contribution in [3.8, 4) is 11.5 Å². The molecule has 0 amide bonds. The van der Waals surface area contributed by atoms with E-state index >= 15 is 0 Å². The molecule has 1 aromatic carbocycles. The van der Waals surface area contributed by atoms with Crippen molar-refractivity contribution < 1.29 is 14.3 Å². The molecule has 0 aliphatic heterocycles. The van der Waals surface area contributed by atoms with Crippen LogP contribution in [0.1, 0.15) is 12.3 Å². The van der Waals surface area contributed by atoms with Gasteiger partial charge in [0, 0.05) is 14.5 Å². The summed E-state index contributed by atoms with van der Waals surface area (Å²) in [5.74, 6) is -0.143. The van der Waals surface area contributed by atoms with Crippen LogP contribution in [0.15, 0.2) is 27.1 Å². The summed E-state index contributed by atoms with van der Waals surface area (Å²) in [6.07, 6.45) is 0.226. The lowest BCUT2D eigenvalue weighted by molar-refractivity contribution is -0.137. The fraction of sp³-hybridized carbons (Fsp3) is 0.182. The van der Waals surface area contributed by atoms with E-state index in [0.29, 0.717) is 11.8 Å². The highest BCUT2D eigenvalue weighted by Crippen LogP contribution is 2.27.